The number of hydrogen-bond acceptors (Lipinski definition) is 3. The maximum absolute atomic E-state index is 12.4. The van der Waals surface area contributed by atoms with E-state index in [-0.39, 0.29) is 5.97 Å². The molecule has 3 heteroatoms. The van der Waals surface area contributed by atoms with Crippen molar-refractivity contribution in [1.82, 2.24) is 0 Å². The highest BCUT2D eigenvalue weighted by Gasteiger charge is 2.45. The highest BCUT2D eigenvalue weighted by molar-refractivity contribution is 5.77. The number of rotatable bonds is 5. The molecule has 0 bridgehead atoms. The van der Waals surface area contributed by atoms with E-state index in [1.807, 2.05) is 30.3 Å². The second-order valence-corrected chi connectivity index (χ2v) is 7.89. The summed E-state index contributed by atoms with van der Waals surface area (Å²) in [5.74, 6) is 0.548. The van der Waals surface area contributed by atoms with E-state index in [1.54, 1.807) is 0 Å². The van der Waals surface area contributed by atoms with Gasteiger partial charge >= 0.3 is 5.97 Å². The van der Waals surface area contributed by atoms with Crippen LogP contribution in [0.2, 0.25) is 0 Å². The number of carbonyl (C=O) groups excluding carboxylic acids is 1. The minimum atomic E-state index is -0.467. The number of carbonyl (C=O) groups is 1. The summed E-state index contributed by atoms with van der Waals surface area (Å²) >= 11 is 0. The molecule has 0 saturated heterocycles. The standard InChI is InChI=1S/C20H30O3/c1-19(2,3)17-10-12-20(13-11-17,18(21)22-4)15-23-14-16-8-6-5-7-9-16/h5-9,17H,10-15H2,1-4H3. The Morgan fingerprint density at radius 1 is 1.17 bits per heavy atom. The molecule has 128 valence electrons. The van der Waals surface area contributed by atoms with Crippen molar-refractivity contribution in [3.05, 3.63) is 35.9 Å². The van der Waals surface area contributed by atoms with Crippen LogP contribution in [0, 0.1) is 16.7 Å². The Morgan fingerprint density at radius 2 is 1.78 bits per heavy atom. The molecule has 1 aromatic carbocycles. The van der Waals surface area contributed by atoms with Crippen molar-refractivity contribution in [3.8, 4) is 0 Å². The predicted molar refractivity (Wildman–Crippen MR) is 92.0 cm³/mol. The van der Waals surface area contributed by atoms with Crippen LogP contribution in [0.25, 0.3) is 0 Å². The van der Waals surface area contributed by atoms with Gasteiger partial charge in [0.15, 0.2) is 0 Å². The van der Waals surface area contributed by atoms with Gasteiger partial charge in [0.05, 0.1) is 25.7 Å². The Balaban J connectivity index is 1.96. The van der Waals surface area contributed by atoms with Crippen molar-refractivity contribution >= 4 is 5.97 Å². The van der Waals surface area contributed by atoms with Crippen LogP contribution in [0.5, 0.6) is 0 Å². The molecule has 0 amide bonds. The summed E-state index contributed by atoms with van der Waals surface area (Å²) in [4.78, 5) is 12.4. The van der Waals surface area contributed by atoms with Crippen molar-refractivity contribution < 1.29 is 14.3 Å². The predicted octanol–water partition coefficient (Wildman–Crippen LogP) is 4.60. The first-order valence-corrected chi connectivity index (χ1v) is 8.57. The van der Waals surface area contributed by atoms with Crippen LogP contribution in [-0.4, -0.2) is 19.7 Å². The summed E-state index contributed by atoms with van der Waals surface area (Å²) in [6.07, 6.45) is 3.84. The maximum Gasteiger partial charge on any atom is 0.314 e. The fourth-order valence-corrected chi connectivity index (χ4v) is 3.60. The topological polar surface area (TPSA) is 35.5 Å². The Morgan fingerprint density at radius 3 is 2.30 bits per heavy atom. The van der Waals surface area contributed by atoms with E-state index in [0.717, 1.165) is 31.2 Å². The van der Waals surface area contributed by atoms with Gasteiger partial charge < -0.3 is 9.47 Å². The summed E-state index contributed by atoms with van der Waals surface area (Å²) in [5, 5.41) is 0. The Bertz CT molecular complexity index is 493. The molecule has 1 aromatic rings. The molecule has 0 unspecified atom stereocenters. The monoisotopic (exact) mass is 318 g/mol. The van der Waals surface area contributed by atoms with E-state index in [1.165, 1.54) is 7.11 Å². The summed E-state index contributed by atoms with van der Waals surface area (Å²) in [7, 11) is 1.48. The van der Waals surface area contributed by atoms with E-state index in [0.29, 0.717) is 24.5 Å². The largest absolute Gasteiger partial charge is 0.469 e. The van der Waals surface area contributed by atoms with Crippen molar-refractivity contribution in [1.29, 1.82) is 0 Å². The average Bonchev–Trinajstić information content (AvgIpc) is 2.54. The minimum Gasteiger partial charge on any atom is -0.469 e. The van der Waals surface area contributed by atoms with Gasteiger partial charge in [-0.2, -0.15) is 0 Å². The lowest BCUT2D eigenvalue weighted by atomic mass is 9.64. The molecule has 0 atom stereocenters. The van der Waals surface area contributed by atoms with Crippen LogP contribution < -0.4 is 0 Å². The summed E-state index contributed by atoms with van der Waals surface area (Å²) in [6, 6.07) is 10.1. The fraction of sp³-hybridized carbons (Fsp3) is 0.650. The van der Waals surface area contributed by atoms with E-state index in [2.05, 4.69) is 20.8 Å². The van der Waals surface area contributed by atoms with E-state index >= 15 is 0 Å². The van der Waals surface area contributed by atoms with Gasteiger partial charge in [0, 0.05) is 0 Å². The molecule has 0 spiro atoms. The summed E-state index contributed by atoms with van der Waals surface area (Å²) in [5.41, 5.74) is 0.967. The molecule has 1 saturated carbocycles. The van der Waals surface area contributed by atoms with Gasteiger partial charge in [-0.15, -0.1) is 0 Å². The zero-order chi connectivity index (χ0) is 16.9. The molecule has 0 aromatic heterocycles. The smallest absolute Gasteiger partial charge is 0.314 e. The lowest BCUT2D eigenvalue weighted by Crippen LogP contribution is -2.42. The van der Waals surface area contributed by atoms with Gasteiger partial charge in [0.2, 0.25) is 0 Å². The summed E-state index contributed by atoms with van der Waals surface area (Å²) in [6.45, 7) is 7.85. The number of hydrogen-bond donors (Lipinski definition) is 0. The Kier molecular flexibility index (Phi) is 5.85. The molecule has 1 fully saturated rings. The van der Waals surface area contributed by atoms with E-state index < -0.39 is 5.41 Å². The third kappa shape index (κ3) is 4.57. The molecule has 0 radical (unpaired) electrons. The first kappa shape index (κ1) is 18.0. The van der Waals surface area contributed by atoms with Crippen molar-refractivity contribution in [2.75, 3.05) is 13.7 Å². The molecule has 3 nitrogen and oxygen atoms in total. The van der Waals surface area contributed by atoms with Crippen LogP contribution in [0.1, 0.15) is 52.0 Å². The van der Waals surface area contributed by atoms with Gasteiger partial charge in [0.1, 0.15) is 0 Å². The zero-order valence-electron chi connectivity index (χ0n) is 14.9. The molecule has 0 heterocycles. The second kappa shape index (κ2) is 7.48. The fourth-order valence-electron chi connectivity index (χ4n) is 3.60. The van der Waals surface area contributed by atoms with Crippen LogP contribution in [0.3, 0.4) is 0 Å². The van der Waals surface area contributed by atoms with E-state index in [9.17, 15) is 4.79 Å². The number of esters is 1. The van der Waals surface area contributed by atoms with Crippen molar-refractivity contribution in [2.24, 2.45) is 16.7 Å². The average molecular weight is 318 g/mol. The SMILES string of the molecule is COC(=O)C1(COCc2ccccc2)CCC(C(C)(C)C)CC1. The highest BCUT2D eigenvalue weighted by atomic mass is 16.5. The molecule has 2 rings (SSSR count). The van der Waals surface area contributed by atoms with Gasteiger partial charge in [-0.25, -0.2) is 0 Å². The Labute approximate surface area is 140 Å². The van der Waals surface area contributed by atoms with Crippen LogP contribution >= 0.6 is 0 Å². The first-order valence-electron chi connectivity index (χ1n) is 8.57. The first-order chi connectivity index (χ1) is 10.9. The third-order valence-corrected chi connectivity index (χ3v) is 5.28. The normalized spacial score (nSPS) is 25.1. The number of ether oxygens (including phenoxy) is 2. The number of methoxy groups -OCH3 is 1. The molecular weight excluding hydrogens is 288 g/mol. The van der Waals surface area contributed by atoms with Crippen molar-refractivity contribution in [3.63, 3.8) is 0 Å². The molecule has 0 aliphatic heterocycles. The quantitative estimate of drug-likeness (QED) is 0.744. The van der Waals surface area contributed by atoms with Crippen LogP contribution in [0.4, 0.5) is 0 Å². The molecule has 23 heavy (non-hydrogen) atoms. The molecule has 0 N–H and O–H groups in total. The third-order valence-electron chi connectivity index (χ3n) is 5.28. The van der Waals surface area contributed by atoms with Gasteiger partial charge in [-0.3, -0.25) is 4.79 Å². The lowest BCUT2D eigenvalue weighted by molar-refractivity contribution is -0.161. The zero-order valence-corrected chi connectivity index (χ0v) is 14.9. The lowest BCUT2D eigenvalue weighted by Gasteiger charge is -2.42. The van der Waals surface area contributed by atoms with Gasteiger partial charge in [0.25, 0.3) is 0 Å². The second-order valence-electron chi connectivity index (χ2n) is 7.89. The van der Waals surface area contributed by atoms with Crippen LogP contribution in [0.15, 0.2) is 30.3 Å². The molecule has 1 aliphatic carbocycles. The number of benzene rings is 1. The minimum absolute atomic E-state index is 0.113. The van der Waals surface area contributed by atoms with Crippen LogP contribution in [-0.2, 0) is 20.9 Å². The van der Waals surface area contributed by atoms with Gasteiger partial charge in [-0.1, -0.05) is 51.1 Å². The molecular formula is C20H30O3. The molecule has 1 aliphatic rings. The maximum atomic E-state index is 12.4. The van der Waals surface area contributed by atoms with Gasteiger partial charge in [-0.05, 0) is 42.6 Å². The Hall–Kier alpha value is -1.35. The van der Waals surface area contributed by atoms with Crippen molar-refractivity contribution in [2.45, 2.75) is 53.1 Å². The summed E-state index contributed by atoms with van der Waals surface area (Å²) < 4.78 is 11.0. The highest BCUT2D eigenvalue weighted by Crippen LogP contribution is 2.46. The van der Waals surface area contributed by atoms with E-state index in [4.69, 9.17) is 9.47 Å².